The fourth-order valence-electron chi connectivity index (χ4n) is 3.35. The Labute approximate surface area is 158 Å². The molecule has 0 N–H and O–H groups in total. The maximum Gasteiger partial charge on any atom is 0.227 e. The van der Waals surface area contributed by atoms with Crippen molar-refractivity contribution < 1.29 is 22.3 Å². The van der Waals surface area contributed by atoms with Gasteiger partial charge in [0.1, 0.15) is 11.6 Å². The van der Waals surface area contributed by atoms with Gasteiger partial charge >= 0.3 is 0 Å². The molecule has 3 rings (SSSR count). The summed E-state index contributed by atoms with van der Waals surface area (Å²) in [5.74, 6) is -0.177. The molecule has 1 atom stereocenters. The van der Waals surface area contributed by atoms with E-state index in [1.165, 1.54) is 18.2 Å². The molecule has 0 bridgehead atoms. The van der Waals surface area contributed by atoms with Crippen molar-refractivity contribution in [3.05, 3.63) is 65.5 Å². The van der Waals surface area contributed by atoms with Crippen LogP contribution in [0.1, 0.15) is 22.8 Å². The molecule has 1 amide bonds. The summed E-state index contributed by atoms with van der Waals surface area (Å²) in [7, 11) is -1.98. The molecule has 7 heteroatoms. The van der Waals surface area contributed by atoms with Gasteiger partial charge < -0.3 is 9.64 Å². The molecule has 2 aromatic rings. The number of carbonyl (C=O) groups excluding carboxylic acids is 1. The molecular formula is C20H22FNO4S. The van der Waals surface area contributed by atoms with Gasteiger partial charge in [-0.3, -0.25) is 4.79 Å². The molecule has 5 nitrogen and oxygen atoms in total. The van der Waals surface area contributed by atoms with Gasteiger partial charge in [-0.2, -0.15) is 0 Å². The van der Waals surface area contributed by atoms with Crippen molar-refractivity contribution in [3.63, 3.8) is 0 Å². The van der Waals surface area contributed by atoms with Crippen molar-refractivity contribution in [2.75, 3.05) is 26.0 Å². The van der Waals surface area contributed by atoms with E-state index in [1.54, 1.807) is 30.2 Å². The molecule has 0 spiro atoms. The molecule has 2 aromatic carbocycles. The Morgan fingerprint density at radius 2 is 1.96 bits per heavy atom. The first-order valence-electron chi connectivity index (χ1n) is 8.77. The third-order valence-electron chi connectivity index (χ3n) is 4.83. The fraction of sp³-hybridized carbons (Fsp3) is 0.350. The standard InChI is InChI=1S/C20H22FNO4S/c1-26-16-6-4-5-15(13-16)14-20(23)22-10-9-19(27(24,25)12-11-22)17-7-2-3-8-18(17)21/h2-8,13,19H,9-12,14H2,1H3. The van der Waals surface area contributed by atoms with Gasteiger partial charge in [-0.25, -0.2) is 12.8 Å². The molecule has 27 heavy (non-hydrogen) atoms. The summed E-state index contributed by atoms with van der Waals surface area (Å²) in [5, 5.41) is -0.923. The van der Waals surface area contributed by atoms with E-state index in [4.69, 9.17) is 4.74 Å². The Morgan fingerprint density at radius 3 is 2.70 bits per heavy atom. The largest absolute Gasteiger partial charge is 0.497 e. The third kappa shape index (κ3) is 4.47. The summed E-state index contributed by atoms with van der Waals surface area (Å²) in [5.41, 5.74) is 0.983. The summed E-state index contributed by atoms with van der Waals surface area (Å²) in [6.45, 7) is 0.400. The van der Waals surface area contributed by atoms with Gasteiger partial charge in [0.2, 0.25) is 5.91 Å². The second-order valence-corrected chi connectivity index (χ2v) is 8.88. The van der Waals surface area contributed by atoms with Crippen LogP contribution in [0.4, 0.5) is 4.39 Å². The van der Waals surface area contributed by atoms with Crippen LogP contribution in [0.2, 0.25) is 0 Å². The predicted molar refractivity (Wildman–Crippen MR) is 101 cm³/mol. The number of hydrogen-bond donors (Lipinski definition) is 0. The van der Waals surface area contributed by atoms with Crippen LogP contribution in [0.15, 0.2) is 48.5 Å². The topological polar surface area (TPSA) is 63.7 Å². The Hall–Kier alpha value is -2.41. The van der Waals surface area contributed by atoms with Gasteiger partial charge in [-0.05, 0) is 30.2 Å². The quantitative estimate of drug-likeness (QED) is 0.804. The first-order chi connectivity index (χ1) is 12.9. The van der Waals surface area contributed by atoms with Crippen molar-refractivity contribution >= 4 is 15.7 Å². The number of carbonyl (C=O) groups is 1. The van der Waals surface area contributed by atoms with E-state index in [9.17, 15) is 17.6 Å². The summed E-state index contributed by atoms with van der Waals surface area (Å²) < 4.78 is 44.6. The Kier molecular flexibility index (Phi) is 5.79. The number of amides is 1. The SMILES string of the molecule is COc1cccc(CC(=O)N2CCC(c3ccccc3F)S(=O)(=O)CC2)c1. The number of benzene rings is 2. The lowest BCUT2D eigenvalue weighted by Gasteiger charge is -2.20. The van der Waals surface area contributed by atoms with Crippen molar-refractivity contribution in [2.24, 2.45) is 0 Å². The highest BCUT2D eigenvalue weighted by molar-refractivity contribution is 7.91. The number of sulfone groups is 1. The van der Waals surface area contributed by atoms with Crippen molar-refractivity contribution in [1.29, 1.82) is 0 Å². The van der Waals surface area contributed by atoms with Crippen LogP contribution in [0, 0.1) is 5.82 Å². The van der Waals surface area contributed by atoms with E-state index in [0.717, 1.165) is 5.56 Å². The van der Waals surface area contributed by atoms with Gasteiger partial charge in [0.25, 0.3) is 0 Å². The summed E-state index contributed by atoms with van der Waals surface area (Å²) in [6.07, 6.45) is 0.356. The predicted octanol–water partition coefficient (Wildman–Crippen LogP) is 2.77. The molecule has 1 fully saturated rings. The Balaban J connectivity index is 1.75. The molecule has 0 aromatic heterocycles. The number of methoxy groups -OCH3 is 1. The zero-order valence-electron chi connectivity index (χ0n) is 15.1. The van der Waals surface area contributed by atoms with Gasteiger partial charge in [0.15, 0.2) is 9.84 Å². The first kappa shape index (κ1) is 19.4. The third-order valence-corrected chi connectivity index (χ3v) is 6.94. The number of nitrogens with zero attached hydrogens (tertiary/aromatic N) is 1. The first-order valence-corrected chi connectivity index (χ1v) is 10.5. The maximum atomic E-state index is 14.1. The summed E-state index contributed by atoms with van der Waals surface area (Å²) in [6, 6.07) is 13.2. The fourth-order valence-corrected chi connectivity index (χ4v) is 5.15. The summed E-state index contributed by atoms with van der Waals surface area (Å²) in [4.78, 5) is 14.2. The second kappa shape index (κ2) is 8.08. The van der Waals surface area contributed by atoms with Crippen molar-refractivity contribution in [2.45, 2.75) is 18.1 Å². The van der Waals surface area contributed by atoms with Gasteiger partial charge in [-0.15, -0.1) is 0 Å². The molecule has 1 heterocycles. The maximum absolute atomic E-state index is 14.1. The minimum Gasteiger partial charge on any atom is -0.497 e. The lowest BCUT2D eigenvalue weighted by molar-refractivity contribution is -0.130. The zero-order chi connectivity index (χ0) is 19.4. The summed E-state index contributed by atoms with van der Waals surface area (Å²) >= 11 is 0. The molecular weight excluding hydrogens is 369 g/mol. The molecule has 1 saturated heterocycles. The lowest BCUT2D eigenvalue weighted by atomic mass is 10.1. The van der Waals surface area contributed by atoms with Crippen LogP contribution in [0.25, 0.3) is 0 Å². The second-order valence-electron chi connectivity index (χ2n) is 6.57. The van der Waals surface area contributed by atoms with Crippen LogP contribution in [0.3, 0.4) is 0 Å². The van der Waals surface area contributed by atoms with Crippen molar-refractivity contribution in [3.8, 4) is 5.75 Å². The van der Waals surface area contributed by atoms with Gasteiger partial charge in [0, 0.05) is 18.7 Å². The number of ether oxygens (including phenoxy) is 1. The average Bonchev–Trinajstić information content (AvgIpc) is 2.80. The van der Waals surface area contributed by atoms with E-state index in [1.807, 2.05) is 12.1 Å². The van der Waals surface area contributed by atoms with Gasteiger partial charge in [0.05, 0.1) is 24.5 Å². The van der Waals surface area contributed by atoms with Gasteiger partial charge in [-0.1, -0.05) is 30.3 Å². The molecule has 0 aliphatic carbocycles. The van der Waals surface area contributed by atoms with E-state index in [-0.39, 0.29) is 43.2 Å². The Bertz CT molecular complexity index is 929. The minimum absolute atomic E-state index is 0.121. The monoisotopic (exact) mass is 391 g/mol. The van der Waals surface area contributed by atoms with E-state index >= 15 is 0 Å². The minimum atomic E-state index is -3.54. The highest BCUT2D eigenvalue weighted by atomic mass is 32.2. The average molecular weight is 391 g/mol. The van der Waals surface area contributed by atoms with Crippen molar-refractivity contribution in [1.82, 2.24) is 4.90 Å². The van der Waals surface area contributed by atoms with E-state index in [0.29, 0.717) is 5.75 Å². The molecule has 144 valence electrons. The molecule has 1 unspecified atom stereocenters. The normalized spacial score (nSPS) is 19.3. The highest BCUT2D eigenvalue weighted by Gasteiger charge is 2.34. The Morgan fingerprint density at radius 1 is 1.19 bits per heavy atom. The molecule has 1 aliphatic heterocycles. The van der Waals surface area contributed by atoms with Crippen LogP contribution in [-0.4, -0.2) is 45.2 Å². The number of halogens is 1. The lowest BCUT2D eigenvalue weighted by Crippen LogP contribution is -2.34. The van der Waals surface area contributed by atoms with Crippen LogP contribution >= 0.6 is 0 Å². The van der Waals surface area contributed by atoms with Crippen LogP contribution in [-0.2, 0) is 21.1 Å². The smallest absolute Gasteiger partial charge is 0.227 e. The van der Waals surface area contributed by atoms with Crippen LogP contribution < -0.4 is 4.74 Å². The van der Waals surface area contributed by atoms with E-state index < -0.39 is 20.9 Å². The zero-order valence-corrected chi connectivity index (χ0v) is 15.9. The number of hydrogen-bond acceptors (Lipinski definition) is 4. The molecule has 0 radical (unpaired) electrons. The highest BCUT2D eigenvalue weighted by Crippen LogP contribution is 2.31. The number of rotatable bonds is 4. The van der Waals surface area contributed by atoms with E-state index in [2.05, 4.69) is 0 Å². The van der Waals surface area contributed by atoms with Crippen LogP contribution in [0.5, 0.6) is 5.75 Å². The molecule has 0 saturated carbocycles. The molecule has 1 aliphatic rings.